The van der Waals surface area contributed by atoms with Gasteiger partial charge in [0.2, 0.25) is 11.7 Å². The SMILES string of the molecule is COc1ccc(CCC(=O)NC(c2ccccc2)c2ccc3nc(C(F)(F)F)[nH]c3c2)cc1. The molecule has 0 aliphatic heterocycles. The lowest BCUT2D eigenvalue weighted by Crippen LogP contribution is -2.29. The summed E-state index contributed by atoms with van der Waals surface area (Å²) >= 11 is 0. The van der Waals surface area contributed by atoms with E-state index < -0.39 is 18.0 Å². The van der Waals surface area contributed by atoms with Crippen molar-refractivity contribution in [2.45, 2.75) is 25.1 Å². The first kappa shape index (κ1) is 22.4. The summed E-state index contributed by atoms with van der Waals surface area (Å²) in [6, 6.07) is 21.1. The van der Waals surface area contributed by atoms with Gasteiger partial charge >= 0.3 is 6.18 Å². The molecule has 0 aliphatic rings. The quantitative estimate of drug-likeness (QED) is 0.392. The Morgan fingerprint density at radius 3 is 2.42 bits per heavy atom. The fraction of sp³-hybridized carbons (Fsp3) is 0.200. The fourth-order valence-corrected chi connectivity index (χ4v) is 3.63. The van der Waals surface area contributed by atoms with E-state index in [1.807, 2.05) is 54.6 Å². The van der Waals surface area contributed by atoms with Gasteiger partial charge in [-0.15, -0.1) is 0 Å². The summed E-state index contributed by atoms with van der Waals surface area (Å²) in [5.74, 6) is -0.468. The number of methoxy groups -OCH3 is 1. The van der Waals surface area contributed by atoms with Crippen molar-refractivity contribution in [1.82, 2.24) is 15.3 Å². The van der Waals surface area contributed by atoms with Crippen molar-refractivity contribution in [3.63, 3.8) is 0 Å². The Balaban J connectivity index is 1.55. The molecule has 0 saturated heterocycles. The number of hydrogen-bond acceptors (Lipinski definition) is 3. The van der Waals surface area contributed by atoms with E-state index >= 15 is 0 Å². The van der Waals surface area contributed by atoms with E-state index in [2.05, 4.69) is 15.3 Å². The molecule has 0 saturated carbocycles. The highest BCUT2D eigenvalue weighted by Gasteiger charge is 2.34. The molecule has 0 bridgehead atoms. The van der Waals surface area contributed by atoms with Crippen LogP contribution in [0.4, 0.5) is 13.2 Å². The molecule has 1 atom stereocenters. The van der Waals surface area contributed by atoms with Crippen LogP contribution in [0.1, 0.15) is 35.0 Å². The standard InChI is InChI=1S/C25H22F3N3O2/c1-33-19-11-7-16(8-12-19)9-14-22(32)31-23(17-5-3-2-4-6-17)18-10-13-20-21(15-18)30-24(29-20)25(26,27)28/h2-8,10-13,15,23H,9,14H2,1H3,(H,29,30)(H,31,32). The topological polar surface area (TPSA) is 67.0 Å². The molecule has 1 heterocycles. The second-order valence-corrected chi connectivity index (χ2v) is 7.62. The van der Waals surface area contributed by atoms with Crippen molar-refractivity contribution in [2.75, 3.05) is 7.11 Å². The van der Waals surface area contributed by atoms with Gasteiger partial charge in [-0.3, -0.25) is 4.79 Å². The van der Waals surface area contributed by atoms with E-state index in [0.717, 1.165) is 16.9 Å². The first-order valence-corrected chi connectivity index (χ1v) is 10.4. The molecule has 1 amide bonds. The molecule has 2 N–H and O–H groups in total. The van der Waals surface area contributed by atoms with Gasteiger partial charge in [0, 0.05) is 6.42 Å². The zero-order valence-electron chi connectivity index (χ0n) is 17.8. The van der Waals surface area contributed by atoms with E-state index in [9.17, 15) is 18.0 Å². The van der Waals surface area contributed by atoms with E-state index in [4.69, 9.17) is 4.74 Å². The van der Waals surface area contributed by atoms with Gasteiger partial charge in [0.15, 0.2) is 0 Å². The number of aromatic nitrogens is 2. The Bertz CT molecular complexity index is 1240. The lowest BCUT2D eigenvalue weighted by Gasteiger charge is -2.20. The predicted molar refractivity (Wildman–Crippen MR) is 119 cm³/mol. The van der Waals surface area contributed by atoms with Crippen LogP contribution in [0.3, 0.4) is 0 Å². The number of imidazole rings is 1. The smallest absolute Gasteiger partial charge is 0.449 e. The van der Waals surface area contributed by atoms with Crippen molar-refractivity contribution in [2.24, 2.45) is 0 Å². The van der Waals surface area contributed by atoms with E-state index in [-0.39, 0.29) is 23.4 Å². The van der Waals surface area contributed by atoms with Gasteiger partial charge in [-0.1, -0.05) is 48.5 Å². The van der Waals surface area contributed by atoms with Crippen LogP contribution >= 0.6 is 0 Å². The molecule has 4 rings (SSSR count). The van der Waals surface area contributed by atoms with Crippen LogP contribution in [0.25, 0.3) is 11.0 Å². The maximum Gasteiger partial charge on any atom is 0.449 e. The van der Waals surface area contributed by atoms with Gasteiger partial charge in [0.1, 0.15) is 5.75 Å². The molecular formula is C25H22F3N3O2. The molecule has 0 radical (unpaired) electrons. The number of aromatic amines is 1. The monoisotopic (exact) mass is 453 g/mol. The average Bonchev–Trinajstić information content (AvgIpc) is 3.26. The molecule has 0 spiro atoms. The van der Waals surface area contributed by atoms with Crippen LogP contribution in [-0.4, -0.2) is 23.0 Å². The highest BCUT2D eigenvalue weighted by Crippen LogP contribution is 2.30. The van der Waals surface area contributed by atoms with Crippen molar-refractivity contribution in [3.05, 3.63) is 95.3 Å². The van der Waals surface area contributed by atoms with Gasteiger partial charge in [-0.05, 0) is 47.4 Å². The second kappa shape index (κ2) is 9.36. The average molecular weight is 453 g/mol. The molecule has 5 nitrogen and oxygen atoms in total. The summed E-state index contributed by atoms with van der Waals surface area (Å²) in [5.41, 5.74) is 2.95. The number of amides is 1. The molecule has 1 unspecified atom stereocenters. The number of benzene rings is 3. The van der Waals surface area contributed by atoms with Crippen LogP contribution in [0.15, 0.2) is 72.8 Å². The van der Waals surface area contributed by atoms with E-state index in [0.29, 0.717) is 12.0 Å². The number of nitrogens with one attached hydrogen (secondary N) is 2. The lowest BCUT2D eigenvalue weighted by atomic mass is 9.97. The number of halogens is 3. The number of ether oxygens (including phenoxy) is 1. The molecule has 0 aliphatic carbocycles. The third-order valence-electron chi connectivity index (χ3n) is 5.35. The molecule has 1 aromatic heterocycles. The molecule has 4 aromatic rings. The summed E-state index contributed by atoms with van der Waals surface area (Å²) in [5, 5.41) is 3.02. The number of rotatable bonds is 7. The number of hydrogen-bond donors (Lipinski definition) is 2. The summed E-state index contributed by atoms with van der Waals surface area (Å²) in [4.78, 5) is 18.7. The van der Waals surface area contributed by atoms with Crippen LogP contribution in [0.5, 0.6) is 5.75 Å². The van der Waals surface area contributed by atoms with Crippen molar-refractivity contribution < 1.29 is 22.7 Å². The largest absolute Gasteiger partial charge is 0.497 e. The number of alkyl halides is 3. The first-order chi connectivity index (χ1) is 15.8. The maximum absolute atomic E-state index is 13.0. The Labute approximate surface area is 188 Å². The molecule has 170 valence electrons. The molecule has 3 aromatic carbocycles. The van der Waals surface area contributed by atoms with Crippen LogP contribution in [0.2, 0.25) is 0 Å². The Morgan fingerprint density at radius 2 is 1.76 bits per heavy atom. The zero-order valence-corrected chi connectivity index (χ0v) is 17.8. The first-order valence-electron chi connectivity index (χ1n) is 10.4. The minimum Gasteiger partial charge on any atom is -0.497 e. The van der Waals surface area contributed by atoms with Crippen molar-refractivity contribution >= 4 is 16.9 Å². The third kappa shape index (κ3) is 5.34. The van der Waals surface area contributed by atoms with Crippen LogP contribution < -0.4 is 10.1 Å². The number of aryl methyl sites for hydroxylation is 1. The Hall–Kier alpha value is -3.81. The molecule has 0 fully saturated rings. The minimum atomic E-state index is -4.56. The normalized spacial score (nSPS) is 12.5. The van der Waals surface area contributed by atoms with E-state index in [1.165, 1.54) is 6.07 Å². The number of nitrogens with zero attached hydrogens (tertiary/aromatic N) is 1. The maximum atomic E-state index is 13.0. The van der Waals surface area contributed by atoms with Gasteiger partial charge in [0.05, 0.1) is 24.2 Å². The second-order valence-electron chi connectivity index (χ2n) is 7.62. The number of fused-ring (bicyclic) bond motifs is 1. The third-order valence-corrected chi connectivity index (χ3v) is 5.35. The summed E-state index contributed by atoms with van der Waals surface area (Å²) in [6.45, 7) is 0. The Morgan fingerprint density at radius 1 is 1.03 bits per heavy atom. The van der Waals surface area contributed by atoms with Gasteiger partial charge in [0.25, 0.3) is 0 Å². The van der Waals surface area contributed by atoms with Gasteiger partial charge in [-0.25, -0.2) is 4.98 Å². The number of carbonyl (C=O) groups is 1. The number of H-pyrrole nitrogens is 1. The zero-order chi connectivity index (χ0) is 23.4. The van der Waals surface area contributed by atoms with Gasteiger partial charge in [-0.2, -0.15) is 13.2 Å². The summed E-state index contributed by atoms with van der Waals surface area (Å²) < 4.78 is 44.2. The Kier molecular flexibility index (Phi) is 6.35. The highest BCUT2D eigenvalue weighted by atomic mass is 19.4. The number of carbonyl (C=O) groups excluding carboxylic acids is 1. The summed E-state index contributed by atoms with van der Waals surface area (Å²) in [7, 11) is 1.59. The van der Waals surface area contributed by atoms with Gasteiger partial charge < -0.3 is 15.0 Å². The van der Waals surface area contributed by atoms with Crippen molar-refractivity contribution in [1.29, 1.82) is 0 Å². The van der Waals surface area contributed by atoms with Crippen molar-refractivity contribution in [3.8, 4) is 5.75 Å². The highest BCUT2D eigenvalue weighted by molar-refractivity contribution is 5.79. The van der Waals surface area contributed by atoms with Crippen LogP contribution in [0, 0.1) is 0 Å². The lowest BCUT2D eigenvalue weighted by molar-refractivity contribution is -0.144. The van der Waals surface area contributed by atoms with Crippen LogP contribution in [-0.2, 0) is 17.4 Å². The van der Waals surface area contributed by atoms with E-state index in [1.54, 1.807) is 19.2 Å². The summed E-state index contributed by atoms with van der Waals surface area (Å²) in [6.07, 6.45) is -3.75. The molecule has 8 heteroatoms. The predicted octanol–water partition coefficient (Wildman–Crippen LogP) is 5.43. The minimum absolute atomic E-state index is 0.166. The fourth-order valence-electron chi connectivity index (χ4n) is 3.63. The molecule has 33 heavy (non-hydrogen) atoms. The molecular weight excluding hydrogens is 431 g/mol.